The average molecular weight is 725 g/mol. The first kappa shape index (κ1) is 48.9. The molecule has 0 aromatic carbocycles. The molecule has 0 heterocycles. The van der Waals surface area contributed by atoms with Crippen molar-refractivity contribution >= 4 is 17.9 Å². The van der Waals surface area contributed by atoms with Crippen LogP contribution in [0.4, 0.5) is 0 Å². The van der Waals surface area contributed by atoms with Gasteiger partial charge in [0.05, 0.1) is 0 Å². The minimum Gasteiger partial charge on any atom is -0.462 e. The molecule has 296 valence electrons. The smallest absolute Gasteiger partial charge is 0.306 e. The van der Waals surface area contributed by atoms with Gasteiger partial charge in [-0.1, -0.05) is 158 Å². The summed E-state index contributed by atoms with van der Waals surface area (Å²) in [7, 11) is 0. The molecule has 1 atom stereocenters. The number of hydrogen-bond acceptors (Lipinski definition) is 6. The Bertz CT molecular complexity index is 1020. The maximum absolute atomic E-state index is 12.6. The zero-order valence-electron chi connectivity index (χ0n) is 33.5. The van der Waals surface area contributed by atoms with Gasteiger partial charge in [-0.15, -0.1) is 0 Å². The van der Waals surface area contributed by atoms with Crippen LogP contribution in [0, 0.1) is 0 Å². The first-order valence-electron chi connectivity index (χ1n) is 21.0. The highest BCUT2D eigenvalue weighted by molar-refractivity contribution is 5.71. The van der Waals surface area contributed by atoms with Gasteiger partial charge in [0, 0.05) is 19.3 Å². The first-order chi connectivity index (χ1) is 25.5. The van der Waals surface area contributed by atoms with Crippen molar-refractivity contribution < 1.29 is 28.6 Å². The molecule has 0 rings (SSSR count). The second kappa shape index (κ2) is 40.6. The van der Waals surface area contributed by atoms with Crippen LogP contribution in [0.15, 0.2) is 72.9 Å². The van der Waals surface area contributed by atoms with Gasteiger partial charge in [0.2, 0.25) is 0 Å². The van der Waals surface area contributed by atoms with Gasteiger partial charge in [-0.05, 0) is 77.0 Å². The zero-order chi connectivity index (χ0) is 38.0. The molecule has 52 heavy (non-hydrogen) atoms. The summed E-state index contributed by atoms with van der Waals surface area (Å²) in [6.45, 7) is 6.32. The summed E-state index contributed by atoms with van der Waals surface area (Å²) < 4.78 is 16.6. The lowest BCUT2D eigenvalue weighted by molar-refractivity contribution is -0.167. The molecule has 0 fully saturated rings. The minimum atomic E-state index is -0.798. The fourth-order valence-electron chi connectivity index (χ4n) is 5.28. The number of ether oxygens (including phenoxy) is 3. The maximum atomic E-state index is 12.6. The van der Waals surface area contributed by atoms with Gasteiger partial charge in [-0.25, -0.2) is 0 Å². The fourth-order valence-corrected chi connectivity index (χ4v) is 5.28. The quantitative estimate of drug-likeness (QED) is 0.0210. The van der Waals surface area contributed by atoms with Crippen LogP contribution in [-0.2, 0) is 28.6 Å². The Morgan fingerprint density at radius 3 is 1.27 bits per heavy atom. The Hall–Kier alpha value is -3.15. The van der Waals surface area contributed by atoms with Gasteiger partial charge in [-0.3, -0.25) is 14.4 Å². The minimum absolute atomic E-state index is 0.101. The van der Waals surface area contributed by atoms with Gasteiger partial charge >= 0.3 is 17.9 Å². The van der Waals surface area contributed by atoms with E-state index in [0.29, 0.717) is 12.8 Å². The van der Waals surface area contributed by atoms with Gasteiger partial charge in [0.25, 0.3) is 0 Å². The van der Waals surface area contributed by atoms with Crippen molar-refractivity contribution in [2.75, 3.05) is 13.2 Å². The van der Waals surface area contributed by atoms with Crippen molar-refractivity contribution in [3.05, 3.63) is 72.9 Å². The number of esters is 3. The average Bonchev–Trinajstić information content (AvgIpc) is 3.14. The number of carbonyl (C=O) groups excluding carboxylic acids is 3. The van der Waals surface area contributed by atoms with E-state index in [1.807, 2.05) is 6.08 Å². The normalized spacial score (nSPS) is 12.8. The molecule has 0 aliphatic carbocycles. The highest BCUT2D eigenvalue weighted by Crippen LogP contribution is 2.12. The van der Waals surface area contributed by atoms with Crippen LogP contribution in [0.2, 0.25) is 0 Å². The van der Waals surface area contributed by atoms with Crippen molar-refractivity contribution in [1.29, 1.82) is 0 Å². The highest BCUT2D eigenvalue weighted by Gasteiger charge is 2.19. The Kier molecular flexibility index (Phi) is 38.2. The van der Waals surface area contributed by atoms with Crippen LogP contribution < -0.4 is 0 Å². The van der Waals surface area contributed by atoms with E-state index in [4.69, 9.17) is 14.2 Å². The molecule has 0 spiro atoms. The molecule has 0 bridgehead atoms. The van der Waals surface area contributed by atoms with Crippen LogP contribution in [0.3, 0.4) is 0 Å². The molecule has 0 aromatic rings. The van der Waals surface area contributed by atoms with E-state index in [-0.39, 0.29) is 37.5 Å². The van der Waals surface area contributed by atoms with Crippen molar-refractivity contribution in [3.63, 3.8) is 0 Å². The second-order valence-electron chi connectivity index (χ2n) is 13.6. The molecule has 0 aliphatic heterocycles. The summed E-state index contributed by atoms with van der Waals surface area (Å²) in [6.07, 6.45) is 48.9. The molecule has 0 saturated carbocycles. The third kappa shape index (κ3) is 38.1. The van der Waals surface area contributed by atoms with Gasteiger partial charge in [-0.2, -0.15) is 0 Å². The van der Waals surface area contributed by atoms with Crippen LogP contribution in [0.25, 0.3) is 0 Å². The molecular weight excluding hydrogens is 648 g/mol. The predicted molar refractivity (Wildman–Crippen MR) is 219 cm³/mol. The number of hydrogen-bond donors (Lipinski definition) is 0. The fraction of sp³-hybridized carbons (Fsp3) is 0.674. The lowest BCUT2D eigenvalue weighted by Gasteiger charge is -2.18. The van der Waals surface area contributed by atoms with E-state index >= 15 is 0 Å². The summed E-state index contributed by atoms with van der Waals surface area (Å²) in [5, 5.41) is 0. The number of allylic oxidation sites excluding steroid dienone is 12. The first-order valence-corrected chi connectivity index (χ1v) is 21.0. The number of unbranched alkanes of at least 4 members (excludes halogenated alkanes) is 16. The van der Waals surface area contributed by atoms with E-state index in [1.165, 1.54) is 25.7 Å². The molecule has 0 aliphatic rings. The zero-order valence-corrected chi connectivity index (χ0v) is 33.5. The Balaban J connectivity index is 4.48. The SMILES string of the molecule is CC\C=C/C=C\C=C/CCCCCCCC(=O)OCC(COC(=O)CCCCCC/C=C\CCCC)OC(=O)CCCCC/C=C\C=C/CCCC. The predicted octanol–water partition coefficient (Wildman–Crippen LogP) is 13.1. The van der Waals surface area contributed by atoms with Crippen LogP contribution >= 0.6 is 0 Å². The van der Waals surface area contributed by atoms with Crippen LogP contribution in [0.5, 0.6) is 0 Å². The highest BCUT2D eigenvalue weighted by atomic mass is 16.6. The Morgan fingerprint density at radius 1 is 0.404 bits per heavy atom. The molecule has 0 radical (unpaired) electrons. The molecule has 6 heteroatoms. The van der Waals surface area contributed by atoms with E-state index in [9.17, 15) is 14.4 Å². The summed E-state index contributed by atoms with van der Waals surface area (Å²) in [5.41, 5.74) is 0. The lowest BCUT2D eigenvalue weighted by Crippen LogP contribution is -2.30. The molecule has 0 aromatic heterocycles. The van der Waals surface area contributed by atoms with Crippen LogP contribution in [0.1, 0.15) is 181 Å². The van der Waals surface area contributed by atoms with E-state index in [0.717, 1.165) is 116 Å². The van der Waals surface area contributed by atoms with E-state index in [1.54, 1.807) is 0 Å². The lowest BCUT2D eigenvalue weighted by atomic mass is 10.1. The number of carbonyl (C=O) groups is 3. The van der Waals surface area contributed by atoms with Gasteiger partial charge in [0.15, 0.2) is 6.10 Å². The summed E-state index contributed by atoms with van der Waals surface area (Å²) in [5.74, 6) is -0.974. The van der Waals surface area contributed by atoms with Crippen molar-refractivity contribution in [1.82, 2.24) is 0 Å². The van der Waals surface area contributed by atoms with Crippen molar-refractivity contribution in [2.24, 2.45) is 0 Å². The standard InChI is InChI=1S/C46H76O6/c1-4-7-10-13-16-19-22-23-25-27-30-33-36-39-45(48)51-42-43(41-50-44(47)38-35-32-29-26-21-18-15-12-9-6-3)52-46(49)40-37-34-31-28-24-20-17-14-11-8-5-2/h7,10,13-20,22,24,43H,4-6,8-9,11-12,21,23,25-42H2,1-3H3/b10-7-,16-13-,17-14-,18-15-,22-19-,24-20-. The topological polar surface area (TPSA) is 78.9 Å². The van der Waals surface area contributed by atoms with Gasteiger partial charge < -0.3 is 14.2 Å². The molecule has 1 unspecified atom stereocenters. The maximum Gasteiger partial charge on any atom is 0.306 e. The van der Waals surface area contributed by atoms with E-state index < -0.39 is 6.10 Å². The summed E-state index contributed by atoms with van der Waals surface area (Å²) in [4.78, 5) is 37.6. The van der Waals surface area contributed by atoms with Gasteiger partial charge in [0.1, 0.15) is 13.2 Å². The van der Waals surface area contributed by atoms with Crippen molar-refractivity contribution in [2.45, 2.75) is 187 Å². The Morgan fingerprint density at radius 2 is 0.769 bits per heavy atom. The molecule has 0 N–H and O–H groups in total. The largest absolute Gasteiger partial charge is 0.462 e. The molecule has 0 amide bonds. The monoisotopic (exact) mass is 725 g/mol. The van der Waals surface area contributed by atoms with E-state index in [2.05, 4.69) is 87.6 Å². The molecular formula is C46H76O6. The summed E-state index contributed by atoms with van der Waals surface area (Å²) in [6, 6.07) is 0. The summed E-state index contributed by atoms with van der Waals surface area (Å²) >= 11 is 0. The second-order valence-corrected chi connectivity index (χ2v) is 13.6. The molecule has 6 nitrogen and oxygen atoms in total. The third-order valence-electron chi connectivity index (χ3n) is 8.50. The number of rotatable bonds is 36. The Labute approximate surface area is 319 Å². The van der Waals surface area contributed by atoms with Crippen molar-refractivity contribution in [3.8, 4) is 0 Å². The third-order valence-corrected chi connectivity index (χ3v) is 8.50. The molecule has 0 saturated heterocycles. The van der Waals surface area contributed by atoms with Crippen LogP contribution in [-0.4, -0.2) is 37.2 Å².